The normalized spacial score (nSPS) is 10.0. The molecule has 0 aliphatic rings. The quantitative estimate of drug-likeness (QED) is 0.665. The molecule has 98 valence electrons. The summed E-state index contributed by atoms with van der Waals surface area (Å²) in [5.41, 5.74) is 0.664. The molecule has 0 fully saturated rings. The van der Waals surface area contributed by atoms with Crippen LogP contribution < -0.4 is 5.32 Å². The molecule has 1 aromatic heterocycles. The fraction of sp³-hybridized carbons (Fsp3) is 0.0909. The molecule has 1 aromatic carbocycles. The van der Waals surface area contributed by atoms with Crippen molar-refractivity contribution < 1.29 is 18.7 Å². The van der Waals surface area contributed by atoms with E-state index in [0.29, 0.717) is 10.6 Å². The zero-order chi connectivity index (χ0) is 13.8. The van der Waals surface area contributed by atoms with Gasteiger partial charge in [0.05, 0.1) is 7.11 Å². The van der Waals surface area contributed by atoms with E-state index in [0.717, 1.165) is 18.4 Å². The van der Waals surface area contributed by atoms with E-state index in [4.69, 9.17) is 0 Å². The van der Waals surface area contributed by atoms with Gasteiger partial charge in [-0.15, -0.1) is 10.2 Å². The van der Waals surface area contributed by atoms with Crippen molar-refractivity contribution in [3.63, 3.8) is 0 Å². The van der Waals surface area contributed by atoms with Crippen LogP contribution in [0.4, 0.5) is 9.52 Å². The molecule has 8 heteroatoms. The van der Waals surface area contributed by atoms with Crippen LogP contribution in [0.5, 0.6) is 0 Å². The number of ether oxygens (including phenoxy) is 1. The van der Waals surface area contributed by atoms with Crippen LogP contribution in [-0.2, 0) is 14.3 Å². The van der Waals surface area contributed by atoms with Gasteiger partial charge in [-0.1, -0.05) is 11.3 Å². The summed E-state index contributed by atoms with van der Waals surface area (Å²) in [6.07, 6.45) is 0. The van der Waals surface area contributed by atoms with E-state index in [-0.39, 0.29) is 10.9 Å². The highest BCUT2D eigenvalue weighted by Gasteiger charge is 2.16. The van der Waals surface area contributed by atoms with E-state index >= 15 is 0 Å². The van der Waals surface area contributed by atoms with Crippen LogP contribution in [0, 0.1) is 5.82 Å². The van der Waals surface area contributed by atoms with Crippen LogP contribution in [0.1, 0.15) is 0 Å². The van der Waals surface area contributed by atoms with Crippen LogP contribution in [-0.4, -0.2) is 29.2 Å². The van der Waals surface area contributed by atoms with Crippen molar-refractivity contribution in [2.75, 3.05) is 12.4 Å². The molecule has 0 atom stereocenters. The maximum absolute atomic E-state index is 12.8. The molecule has 0 saturated carbocycles. The molecule has 1 heterocycles. The Labute approximate surface area is 111 Å². The molecular weight excluding hydrogens is 273 g/mol. The number of nitrogens with zero attached hydrogens (tertiary/aromatic N) is 2. The van der Waals surface area contributed by atoms with E-state index in [1.54, 1.807) is 12.1 Å². The summed E-state index contributed by atoms with van der Waals surface area (Å²) < 4.78 is 17.0. The average Bonchev–Trinajstić information content (AvgIpc) is 2.87. The maximum Gasteiger partial charge on any atom is 0.396 e. The molecule has 0 bridgehead atoms. The number of aromatic nitrogens is 2. The van der Waals surface area contributed by atoms with Crippen LogP contribution in [0.15, 0.2) is 24.3 Å². The van der Waals surface area contributed by atoms with Gasteiger partial charge < -0.3 is 4.74 Å². The number of hydrogen-bond acceptors (Lipinski definition) is 6. The van der Waals surface area contributed by atoms with Crippen molar-refractivity contribution in [2.45, 2.75) is 0 Å². The van der Waals surface area contributed by atoms with Crippen molar-refractivity contribution in [1.29, 1.82) is 0 Å². The van der Waals surface area contributed by atoms with E-state index < -0.39 is 11.9 Å². The summed E-state index contributed by atoms with van der Waals surface area (Å²) in [5.74, 6) is -2.30. The first-order chi connectivity index (χ1) is 9.10. The molecule has 2 aromatic rings. The van der Waals surface area contributed by atoms with Crippen LogP contribution in [0.25, 0.3) is 10.6 Å². The lowest BCUT2D eigenvalue weighted by atomic mass is 10.2. The Bertz CT molecular complexity index is 612. The second-order valence-electron chi connectivity index (χ2n) is 3.36. The lowest BCUT2D eigenvalue weighted by Gasteiger charge is -1.97. The first-order valence-corrected chi connectivity index (χ1v) is 5.90. The van der Waals surface area contributed by atoms with Crippen LogP contribution >= 0.6 is 11.3 Å². The molecule has 0 spiro atoms. The topological polar surface area (TPSA) is 81.2 Å². The molecule has 2 rings (SSSR count). The summed E-state index contributed by atoms with van der Waals surface area (Å²) in [6.45, 7) is 0. The maximum atomic E-state index is 12.8. The number of carbonyl (C=O) groups is 2. The number of benzene rings is 1. The number of halogens is 1. The van der Waals surface area contributed by atoms with Gasteiger partial charge in [-0.2, -0.15) is 0 Å². The lowest BCUT2D eigenvalue weighted by molar-refractivity contribution is -0.150. The lowest BCUT2D eigenvalue weighted by Crippen LogP contribution is -2.23. The highest BCUT2D eigenvalue weighted by molar-refractivity contribution is 7.18. The van der Waals surface area contributed by atoms with E-state index in [9.17, 15) is 14.0 Å². The van der Waals surface area contributed by atoms with Gasteiger partial charge in [-0.05, 0) is 24.3 Å². The highest BCUT2D eigenvalue weighted by atomic mass is 32.1. The summed E-state index contributed by atoms with van der Waals surface area (Å²) in [4.78, 5) is 22.1. The van der Waals surface area contributed by atoms with Gasteiger partial charge in [-0.3, -0.25) is 10.1 Å². The third kappa shape index (κ3) is 3.10. The minimum absolute atomic E-state index is 0.162. The number of rotatable bonds is 2. The predicted octanol–water partition coefficient (Wildman–Crippen LogP) is 1.46. The third-order valence-electron chi connectivity index (χ3n) is 2.11. The molecule has 0 unspecified atom stereocenters. The largest absolute Gasteiger partial charge is 0.462 e. The summed E-state index contributed by atoms with van der Waals surface area (Å²) in [7, 11) is 1.10. The van der Waals surface area contributed by atoms with Gasteiger partial charge in [0, 0.05) is 5.56 Å². The molecule has 1 amide bonds. The monoisotopic (exact) mass is 281 g/mol. The zero-order valence-electron chi connectivity index (χ0n) is 9.71. The Morgan fingerprint density at radius 1 is 1.26 bits per heavy atom. The highest BCUT2D eigenvalue weighted by Crippen LogP contribution is 2.26. The Kier molecular flexibility index (Phi) is 3.81. The first-order valence-electron chi connectivity index (χ1n) is 5.09. The smallest absolute Gasteiger partial charge is 0.396 e. The summed E-state index contributed by atoms with van der Waals surface area (Å²) in [6, 6.07) is 5.68. The van der Waals surface area contributed by atoms with Crippen molar-refractivity contribution in [3.8, 4) is 10.6 Å². The number of carbonyl (C=O) groups excluding carboxylic acids is 2. The first kappa shape index (κ1) is 13.1. The summed E-state index contributed by atoms with van der Waals surface area (Å²) >= 11 is 1.06. The number of esters is 1. The molecule has 0 saturated heterocycles. The van der Waals surface area contributed by atoms with E-state index in [2.05, 4.69) is 20.3 Å². The number of methoxy groups -OCH3 is 1. The molecule has 1 N–H and O–H groups in total. The second kappa shape index (κ2) is 5.53. The SMILES string of the molecule is COC(=O)C(=O)Nc1nnc(-c2ccc(F)cc2)s1. The van der Waals surface area contributed by atoms with Gasteiger partial charge in [0.2, 0.25) is 5.13 Å². The third-order valence-corrected chi connectivity index (χ3v) is 3.00. The molecule has 19 heavy (non-hydrogen) atoms. The van der Waals surface area contributed by atoms with Crippen molar-refractivity contribution in [3.05, 3.63) is 30.1 Å². The Morgan fingerprint density at radius 2 is 1.95 bits per heavy atom. The Hall–Kier alpha value is -2.35. The minimum Gasteiger partial charge on any atom is -0.462 e. The standard InChI is InChI=1S/C11H8FN3O3S/c1-18-10(17)8(16)13-11-15-14-9(19-11)6-2-4-7(12)5-3-6/h2-5H,1H3,(H,13,15,16). The van der Waals surface area contributed by atoms with Crippen molar-refractivity contribution >= 4 is 28.3 Å². The average molecular weight is 281 g/mol. The Morgan fingerprint density at radius 3 is 2.58 bits per heavy atom. The fourth-order valence-corrected chi connectivity index (χ4v) is 1.97. The minimum atomic E-state index is -1.02. The predicted molar refractivity (Wildman–Crippen MR) is 65.9 cm³/mol. The number of nitrogens with one attached hydrogen (secondary N) is 1. The molecular formula is C11H8FN3O3S. The van der Waals surface area contributed by atoms with Gasteiger partial charge in [0.1, 0.15) is 10.8 Å². The van der Waals surface area contributed by atoms with Crippen molar-refractivity contribution in [2.24, 2.45) is 0 Å². The van der Waals surface area contributed by atoms with E-state index in [1.807, 2.05) is 0 Å². The number of amides is 1. The van der Waals surface area contributed by atoms with Crippen LogP contribution in [0.3, 0.4) is 0 Å². The fourth-order valence-electron chi connectivity index (χ4n) is 1.22. The summed E-state index contributed by atoms with van der Waals surface area (Å²) in [5, 5.41) is 10.5. The van der Waals surface area contributed by atoms with Gasteiger partial charge in [-0.25, -0.2) is 9.18 Å². The van der Waals surface area contributed by atoms with E-state index in [1.165, 1.54) is 12.1 Å². The number of hydrogen-bond donors (Lipinski definition) is 1. The number of anilines is 1. The zero-order valence-corrected chi connectivity index (χ0v) is 10.5. The van der Waals surface area contributed by atoms with Gasteiger partial charge >= 0.3 is 11.9 Å². The second-order valence-corrected chi connectivity index (χ2v) is 4.34. The molecule has 0 aliphatic carbocycles. The van der Waals surface area contributed by atoms with Crippen molar-refractivity contribution in [1.82, 2.24) is 10.2 Å². The Balaban J connectivity index is 2.13. The van der Waals surface area contributed by atoms with Crippen LogP contribution in [0.2, 0.25) is 0 Å². The molecule has 6 nitrogen and oxygen atoms in total. The molecule has 0 radical (unpaired) electrons. The molecule has 0 aliphatic heterocycles. The van der Waals surface area contributed by atoms with Gasteiger partial charge in [0.25, 0.3) is 0 Å². The van der Waals surface area contributed by atoms with Gasteiger partial charge in [0.15, 0.2) is 0 Å².